The van der Waals surface area contributed by atoms with Gasteiger partial charge >= 0.3 is 0 Å². The van der Waals surface area contributed by atoms with Crippen LogP contribution in [0.2, 0.25) is 0 Å². The van der Waals surface area contributed by atoms with E-state index in [1.807, 2.05) is 12.1 Å². The Morgan fingerprint density at radius 2 is 2.36 bits per heavy atom. The van der Waals surface area contributed by atoms with E-state index >= 15 is 0 Å². The summed E-state index contributed by atoms with van der Waals surface area (Å²) in [6.45, 7) is 0. The van der Waals surface area contributed by atoms with E-state index in [2.05, 4.69) is 15.9 Å². The van der Waals surface area contributed by atoms with E-state index in [1.165, 1.54) is 0 Å². The van der Waals surface area contributed by atoms with Crippen LogP contribution in [0.3, 0.4) is 0 Å². The first kappa shape index (κ1) is 11.2. The third kappa shape index (κ3) is 2.82. The van der Waals surface area contributed by atoms with Gasteiger partial charge in [-0.25, -0.2) is 0 Å². The number of hydrogen-bond donors (Lipinski definition) is 1. The molecule has 1 unspecified atom stereocenters. The predicted octanol–water partition coefficient (Wildman–Crippen LogP) is 1.56. The maximum absolute atomic E-state index is 10.2. The highest BCUT2D eigenvalue weighted by molar-refractivity contribution is 9.10. The highest BCUT2D eigenvalue weighted by atomic mass is 79.9. The van der Waals surface area contributed by atoms with Gasteiger partial charge in [0.2, 0.25) is 0 Å². The Balaban J connectivity index is 2.80. The molecule has 0 bridgehead atoms. The fraction of sp³-hybridized carbons (Fsp3) is 0.300. The van der Waals surface area contributed by atoms with E-state index in [0.29, 0.717) is 12.7 Å². The Hall–Kier alpha value is -0.870. The molecule has 1 aromatic carbocycles. The Kier molecular flexibility index (Phi) is 4.10. The monoisotopic (exact) mass is 258 g/mol. The number of benzene rings is 1. The predicted molar refractivity (Wildman–Crippen MR) is 56.5 cm³/mol. The van der Waals surface area contributed by atoms with Crippen LogP contribution in [0, 0.1) is 0 Å². The number of halogens is 1. The second kappa shape index (κ2) is 5.12. The molecule has 1 atom stereocenters. The van der Waals surface area contributed by atoms with E-state index in [-0.39, 0.29) is 0 Å². The van der Waals surface area contributed by atoms with Gasteiger partial charge in [-0.2, -0.15) is 0 Å². The van der Waals surface area contributed by atoms with Gasteiger partial charge in [0.25, 0.3) is 0 Å². The van der Waals surface area contributed by atoms with E-state index in [4.69, 9.17) is 9.84 Å². The van der Waals surface area contributed by atoms with Crippen LogP contribution >= 0.6 is 15.9 Å². The average Bonchev–Trinajstić information content (AvgIpc) is 2.18. The lowest BCUT2D eigenvalue weighted by molar-refractivity contribution is -0.114. The van der Waals surface area contributed by atoms with Gasteiger partial charge in [0, 0.05) is 6.42 Å². The third-order valence-electron chi connectivity index (χ3n) is 1.82. The summed E-state index contributed by atoms with van der Waals surface area (Å²) in [5.41, 5.74) is 0.886. The summed E-state index contributed by atoms with van der Waals surface area (Å²) in [5.74, 6) is 0.731. The molecule has 0 saturated carbocycles. The molecule has 1 aromatic rings. The lowest BCUT2D eigenvalue weighted by Crippen LogP contribution is -2.11. The number of methoxy groups -OCH3 is 1. The van der Waals surface area contributed by atoms with Crippen molar-refractivity contribution in [3.05, 3.63) is 28.2 Å². The molecule has 4 heteroatoms. The number of ether oxygens (including phenoxy) is 1. The molecule has 0 fully saturated rings. The zero-order chi connectivity index (χ0) is 10.6. The molecule has 0 aliphatic carbocycles. The number of aliphatic hydroxyl groups excluding tert-OH is 1. The van der Waals surface area contributed by atoms with Crippen LogP contribution in [0.1, 0.15) is 5.56 Å². The normalized spacial score (nSPS) is 12.2. The SMILES string of the molecule is COc1ccc(CC(O)C=O)cc1Br. The van der Waals surface area contributed by atoms with Crippen LogP contribution in [0.4, 0.5) is 0 Å². The Morgan fingerprint density at radius 3 is 2.86 bits per heavy atom. The van der Waals surface area contributed by atoms with Crippen LogP contribution < -0.4 is 4.74 Å². The summed E-state index contributed by atoms with van der Waals surface area (Å²) in [6.07, 6.45) is -0.0835. The Labute approximate surface area is 90.8 Å². The van der Waals surface area contributed by atoms with Crippen molar-refractivity contribution in [3.63, 3.8) is 0 Å². The van der Waals surface area contributed by atoms with Gasteiger partial charge in [-0.1, -0.05) is 6.07 Å². The van der Waals surface area contributed by atoms with Crippen LogP contribution in [-0.4, -0.2) is 24.6 Å². The molecule has 0 aliphatic rings. The molecule has 1 N–H and O–H groups in total. The van der Waals surface area contributed by atoms with E-state index in [0.717, 1.165) is 15.8 Å². The lowest BCUT2D eigenvalue weighted by Gasteiger charge is -2.07. The first-order chi connectivity index (χ1) is 6.67. The molecule has 0 aliphatic heterocycles. The smallest absolute Gasteiger partial charge is 0.148 e. The number of rotatable bonds is 4. The van der Waals surface area contributed by atoms with Crippen molar-refractivity contribution in [2.45, 2.75) is 12.5 Å². The summed E-state index contributed by atoms with van der Waals surface area (Å²) in [6, 6.07) is 5.43. The van der Waals surface area contributed by atoms with Gasteiger partial charge in [-0.05, 0) is 33.6 Å². The molecule has 0 amide bonds. The molecular formula is C10H11BrO3. The quantitative estimate of drug-likeness (QED) is 0.834. The van der Waals surface area contributed by atoms with E-state index in [1.54, 1.807) is 13.2 Å². The Bertz CT molecular complexity index is 325. The second-order valence-electron chi connectivity index (χ2n) is 2.88. The summed E-state index contributed by atoms with van der Waals surface area (Å²) >= 11 is 3.32. The Morgan fingerprint density at radius 1 is 1.64 bits per heavy atom. The van der Waals surface area contributed by atoms with Gasteiger partial charge in [0.15, 0.2) is 0 Å². The van der Waals surface area contributed by atoms with Crippen molar-refractivity contribution >= 4 is 22.2 Å². The first-order valence-corrected chi connectivity index (χ1v) is 4.92. The van der Waals surface area contributed by atoms with Crippen molar-refractivity contribution < 1.29 is 14.6 Å². The van der Waals surface area contributed by atoms with Crippen molar-refractivity contribution in [1.82, 2.24) is 0 Å². The number of aldehydes is 1. The fourth-order valence-electron chi connectivity index (χ4n) is 1.13. The summed E-state index contributed by atoms with van der Waals surface area (Å²) in [7, 11) is 1.58. The number of aliphatic hydroxyl groups is 1. The van der Waals surface area contributed by atoms with Crippen LogP contribution in [0.15, 0.2) is 22.7 Å². The summed E-state index contributed by atoms with van der Waals surface area (Å²) in [5, 5.41) is 9.11. The van der Waals surface area contributed by atoms with Gasteiger partial charge < -0.3 is 14.6 Å². The topological polar surface area (TPSA) is 46.5 Å². The maximum Gasteiger partial charge on any atom is 0.148 e. The van der Waals surface area contributed by atoms with Crippen LogP contribution in [0.25, 0.3) is 0 Å². The minimum absolute atomic E-state index is 0.325. The molecule has 0 heterocycles. The highest BCUT2D eigenvalue weighted by Gasteiger charge is 2.06. The van der Waals surface area contributed by atoms with Crippen molar-refractivity contribution in [3.8, 4) is 5.75 Å². The van der Waals surface area contributed by atoms with E-state index < -0.39 is 6.10 Å². The molecule has 1 rings (SSSR count). The summed E-state index contributed by atoms with van der Waals surface area (Å²) < 4.78 is 5.87. The highest BCUT2D eigenvalue weighted by Crippen LogP contribution is 2.25. The molecule has 76 valence electrons. The maximum atomic E-state index is 10.2. The second-order valence-corrected chi connectivity index (χ2v) is 3.73. The first-order valence-electron chi connectivity index (χ1n) is 4.13. The zero-order valence-corrected chi connectivity index (χ0v) is 9.32. The molecule has 0 saturated heterocycles. The largest absolute Gasteiger partial charge is 0.496 e. The fourth-order valence-corrected chi connectivity index (χ4v) is 1.71. The van der Waals surface area contributed by atoms with Gasteiger partial charge in [-0.3, -0.25) is 0 Å². The molecule has 0 radical (unpaired) electrons. The van der Waals surface area contributed by atoms with Crippen LogP contribution in [0.5, 0.6) is 5.75 Å². The van der Waals surface area contributed by atoms with Crippen molar-refractivity contribution in [2.24, 2.45) is 0 Å². The number of hydrogen-bond acceptors (Lipinski definition) is 3. The molecular weight excluding hydrogens is 248 g/mol. The third-order valence-corrected chi connectivity index (χ3v) is 2.44. The molecule has 14 heavy (non-hydrogen) atoms. The minimum Gasteiger partial charge on any atom is -0.496 e. The standard InChI is InChI=1S/C10H11BrO3/c1-14-10-3-2-7(5-9(10)11)4-8(13)6-12/h2-3,5-6,8,13H,4H2,1H3. The lowest BCUT2D eigenvalue weighted by atomic mass is 10.1. The molecule has 0 aromatic heterocycles. The number of carbonyl (C=O) groups excluding carboxylic acids is 1. The minimum atomic E-state index is -0.935. The summed E-state index contributed by atoms with van der Waals surface area (Å²) in [4.78, 5) is 10.2. The van der Waals surface area contributed by atoms with E-state index in [9.17, 15) is 4.79 Å². The molecule has 3 nitrogen and oxygen atoms in total. The number of carbonyl (C=O) groups is 1. The van der Waals surface area contributed by atoms with Crippen molar-refractivity contribution in [2.75, 3.05) is 7.11 Å². The van der Waals surface area contributed by atoms with Crippen molar-refractivity contribution in [1.29, 1.82) is 0 Å². The van der Waals surface area contributed by atoms with Gasteiger partial charge in [-0.15, -0.1) is 0 Å². The van der Waals surface area contributed by atoms with Crippen LogP contribution in [-0.2, 0) is 11.2 Å². The molecule has 0 spiro atoms. The average molecular weight is 259 g/mol. The van der Waals surface area contributed by atoms with Gasteiger partial charge in [0.1, 0.15) is 18.1 Å². The van der Waals surface area contributed by atoms with Gasteiger partial charge in [0.05, 0.1) is 11.6 Å². The zero-order valence-electron chi connectivity index (χ0n) is 7.74.